The molecule has 1 aromatic carbocycles. The summed E-state index contributed by atoms with van der Waals surface area (Å²) in [5.74, 6) is -0.443. The highest BCUT2D eigenvalue weighted by Gasteiger charge is 2.42. The van der Waals surface area contributed by atoms with Gasteiger partial charge in [-0.25, -0.2) is 18.6 Å². The molecule has 0 bridgehead atoms. The number of carbonyl (C=O) groups is 1. The van der Waals surface area contributed by atoms with Gasteiger partial charge < -0.3 is 20.3 Å². The van der Waals surface area contributed by atoms with E-state index in [1.165, 1.54) is 12.1 Å². The van der Waals surface area contributed by atoms with Gasteiger partial charge in [-0.3, -0.25) is 0 Å². The molecular formula is C20H22F2N4O2. The highest BCUT2D eigenvalue weighted by molar-refractivity contribution is 5.90. The molecule has 1 saturated heterocycles. The maximum absolute atomic E-state index is 14.2. The first-order chi connectivity index (χ1) is 13.6. The first-order valence-corrected chi connectivity index (χ1v) is 9.39. The second kappa shape index (κ2) is 7.71. The number of halogens is 2. The van der Waals surface area contributed by atoms with Crippen molar-refractivity contribution in [3.63, 3.8) is 0 Å². The number of anilines is 2. The van der Waals surface area contributed by atoms with Crippen LogP contribution in [0.15, 0.2) is 36.5 Å². The molecule has 0 unspecified atom stereocenters. The summed E-state index contributed by atoms with van der Waals surface area (Å²) in [4.78, 5) is 19.0. The van der Waals surface area contributed by atoms with Crippen LogP contribution < -0.4 is 15.5 Å². The van der Waals surface area contributed by atoms with Crippen molar-refractivity contribution in [3.05, 3.63) is 53.7 Å². The van der Waals surface area contributed by atoms with E-state index < -0.39 is 23.2 Å². The highest BCUT2D eigenvalue weighted by atomic mass is 19.1. The average Bonchev–Trinajstić information content (AvgIpc) is 2.66. The third-order valence-corrected chi connectivity index (χ3v) is 5.35. The number of urea groups is 1. The van der Waals surface area contributed by atoms with E-state index in [0.29, 0.717) is 37.3 Å². The average molecular weight is 388 g/mol. The van der Waals surface area contributed by atoms with Gasteiger partial charge in [-0.15, -0.1) is 0 Å². The molecule has 2 N–H and O–H groups in total. The number of morpholine rings is 1. The molecule has 1 aromatic heterocycles. The number of carbonyl (C=O) groups excluding carboxylic acids is 1. The van der Waals surface area contributed by atoms with Crippen LogP contribution in [0.5, 0.6) is 0 Å². The second-order valence-corrected chi connectivity index (χ2v) is 7.14. The van der Waals surface area contributed by atoms with E-state index in [1.54, 1.807) is 12.3 Å². The van der Waals surface area contributed by atoms with E-state index in [4.69, 9.17) is 4.74 Å². The maximum Gasteiger partial charge on any atom is 0.319 e. The molecule has 2 aliphatic rings. The Morgan fingerprint density at radius 3 is 2.54 bits per heavy atom. The molecule has 8 heteroatoms. The standard InChI is InChI=1S/C20H22F2N4O2/c21-14-2-4-16(17(22)12-14)20(6-1-7-20)25-19(27)24-15-3-5-18(23-13-15)26-8-10-28-11-9-26/h2-5,12-13H,1,6-11H2,(H2,24,25,27). The van der Waals surface area contributed by atoms with Gasteiger partial charge in [-0.2, -0.15) is 0 Å². The van der Waals surface area contributed by atoms with Crippen molar-refractivity contribution in [2.24, 2.45) is 0 Å². The summed E-state index contributed by atoms with van der Waals surface area (Å²) in [5.41, 5.74) is 0.0582. The van der Waals surface area contributed by atoms with Gasteiger partial charge in [0.25, 0.3) is 0 Å². The number of aromatic nitrogens is 1. The molecule has 1 aliphatic carbocycles. The van der Waals surface area contributed by atoms with E-state index in [2.05, 4.69) is 20.5 Å². The fraction of sp³-hybridized carbons (Fsp3) is 0.400. The third kappa shape index (κ3) is 3.77. The molecule has 0 radical (unpaired) electrons. The number of ether oxygens (including phenoxy) is 1. The van der Waals surface area contributed by atoms with Crippen LogP contribution in [0.4, 0.5) is 25.1 Å². The van der Waals surface area contributed by atoms with Crippen molar-refractivity contribution in [2.75, 3.05) is 36.5 Å². The van der Waals surface area contributed by atoms with Gasteiger partial charge in [-0.1, -0.05) is 6.07 Å². The fourth-order valence-electron chi connectivity index (χ4n) is 3.69. The molecule has 6 nitrogen and oxygen atoms in total. The van der Waals surface area contributed by atoms with Crippen LogP contribution in [-0.2, 0) is 10.3 Å². The number of benzene rings is 1. The van der Waals surface area contributed by atoms with Crippen LogP contribution in [0.3, 0.4) is 0 Å². The maximum atomic E-state index is 14.2. The fourth-order valence-corrected chi connectivity index (χ4v) is 3.69. The number of nitrogens with one attached hydrogen (secondary N) is 2. The minimum Gasteiger partial charge on any atom is -0.378 e. The number of amides is 2. The van der Waals surface area contributed by atoms with E-state index in [-0.39, 0.29) is 0 Å². The second-order valence-electron chi connectivity index (χ2n) is 7.14. The van der Waals surface area contributed by atoms with Crippen molar-refractivity contribution in [2.45, 2.75) is 24.8 Å². The Bertz CT molecular complexity index is 850. The third-order valence-electron chi connectivity index (χ3n) is 5.35. The van der Waals surface area contributed by atoms with Gasteiger partial charge in [-0.05, 0) is 37.5 Å². The topological polar surface area (TPSA) is 66.5 Å². The summed E-state index contributed by atoms with van der Waals surface area (Å²) >= 11 is 0. The van der Waals surface area contributed by atoms with Crippen molar-refractivity contribution >= 4 is 17.5 Å². The van der Waals surface area contributed by atoms with Gasteiger partial charge in [0.1, 0.15) is 17.5 Å². The molecular weight excluding hydrogens is 366 g/mol. The largest absolute Gasteiger partial charge is 0.378 e. The lowest BCUT2D eigenvalue weighted by molar-refractivity contribution is 0.122. The number of rotatable bonds is 4. The predicted octanol–water partition coefficient (Wildman–Crippen LogP) is 3.40. The van der Waals surface area contributed by atoms with Gasteiger partial charge in [0.15, 0.2) is 0 Å². The molecule has 0 atom stereocenters. The van der Waals surface area contributed by atoms with Gasteiger partial charge in [0, 0.05) is 24.7 Å². The van der Waals surface area contributed by atoms with Crippen molar-refractivity contribution in [1.82, 2.24) is 10.3 Å². The summed E-state index contributed by atoms with van der Waals surface area (Å²) in [5, 5.41) is 5.61. The van der Waals surface area contributed by atoms with Crippen LogP contribution in [-0.4, -0.2) is 37.3 Å². The zero-order valence-electron chi connectivity index (χ0n) is 15.4. The van der Waals surface area contributed by atoms with Crippen molar-refractivity contribution < 1.29 is 18.3 Å². The predicted molar refractivity (Wildman–Crippen MR) is 101 cm³/mol. The minimum absolute atomic E-state index is 0.316. The zero-order chi connectivity index (χ0) is 19.6. The van der Waals surface area contributed by atoms with E-state index >= 15 is 0 Å². The smallest absolute Gasteiger partial charge is 0.319 e. The first kappa shape index (κ1) is 18.6. The molecule has 1 aliphatic heterocycles. The quantitative estimate of drug-likeness (QED) is 0.843. The summed E-state index contributed by atoms with van der Waals surface area (Å²) in [6.45, 7) is 2.91. The molecule has 2 aromatic rings. The summed E-state index contributed by atoms with van der Waals surface area (Å²) < 4.78 is 32.8. The number of hydrogen-bond donors (Lipinski definition) is 2. The van der Waals surface area contributed by atoms with Crippen LogP contribution in [0, 0.1) is 11.6 Å². The normalized spacial score (nSPS) is 18.3. The molecule has 2 fully saturated rings. The van der Waals surface area contributed by atoms with Crippen LogP contribution >= 0.6 is 0 Å². The lowest BCUT2D eigenvalue weighted by atomic mass is 9.71. The summed E-state index contributed by atoms with van der Waals surface area (Å²) in [7, 11) is 0. The minimum atomic E-state index is -0.803. The Labute approximate surface area is 161 Å². The van der Waals surface area contributed by atoms with Crippen LogP contribution in [0.25, 0.3) is 0 Å². The van der Waals surface area contributed by atoms with E-state index in [1.807, 2.05) is 6.07 Å². The Morgan fingerprint density at radius 1 is 1.14 bits per heavy atom. The Hall–Kier alpha value is -2.74. The van der Waals surface area contributed by atoms with Gasteiger partial charge in [0.05, 0.1) is 30.6 Å². The Kier molecular flexibility index (Phi) is 5.13. The van der Waals surface area contributed by atoms with Crippen LogP contribution in [0.1, 0.15) is 24.8 Å². The molecule has 4 rings (SSSR count). The van der Waals surface area contributed by atoms with Gasteiger partial charge >= 0.3 is 6.03 Å². The molecule has 2 amide bonds. The first-order valence-electron chi connectivity index (χ1n) is 9.39. The summed E-state index contributed by atoms with van der Waals surface area (Å²) in [6, 6.07) is 6.66. The van der Waals surface area contributed by atoms with Crippen molar-refractivity contribution in [3.8, 4) is 0 Å². The molecule has 28 heavy (non-hydrogen) atoms. The van der Waals surface area contributed by atoms with Crippen LogP contribution in [0.2, 0.25) is 0 Å². The molecule has 148 valence electrons. The molecule has 0 spiro atoms. The monoisotopic (exact) mass is 388 g/mol. The number of hydrogen-bond acceptors (Lipinski definition) is 4. The molecule has 1 saturated carbocycles. The summed E-state index contributed by atoms with van der Waals surface area (Å²) in [6.07, 6.45) is 3.68. The molecule has 2 heterocycles. The Balaban J connectivity index is 1.42. The zero-order valence-corrected chi connectivity index (χ0v) is 15.4. The Morgan fingerprint density at radius 2 is 1.93 bits per heavy atom. The lowest BCUT2D eigenvalue weighted by Crippen LogP contribution is -2.52. The van der Waals surface area contributed by atoms with E-state index in [9.17, 15) is 13.6 Å². The lowest BCUT2D eigenvalue weighted by Gasteiger charge is -2.43. The van der Waals surface area contributed by atoms with Gasteiger partial charge in [0.2, 0.25) is 0 Å². The number of nitrogens with zero attached hydrogens (tertiary/aromatic N) is 2. The SMILES string of the molecule is O=C(Nc1ccc(N2CCOCC2)nc1)NC1(c2ccc(F)cc2F)CCC1. The highest BCUT2D eigenvalue weighted by Crippen LogP contribution is 2.42. The van der Waals surface area contributed by atoms with Crippen molar-refractivity contribution in [1.29, 1.82) is 0 Å². The number of pyridine rings is 1. The van der Waals surface area contributed by atoms with E-state index in [0.717, 1.165) is 31.4 Å².